The van der Waals surface area contributed by atoms with Gasteiger partial charge in [-0.25, -0.2) is 9.59 Å². The van der Waals surface area contributed by atoms with Gasteiger partial charge in [0.2, 0.25) is 40.9 Å². The van der Waals surface area contributed by atoms with Gasteiger partial charge in [0.25, 0.3) is 0 Å². The van der Waals surface area contributed by atoms with Crippen LogP contribution in [0.25, 0.3) is 0 Å². The standard InChI is InChI=1S/C53H55N7O17/c1-27(2)74-34-11-9-10-31(24-34)44-49(63)58-45-32-25-41(75-39-18-12-28(22-37(39)59(67)68)20-35(47(61)56-44)55-52(66)77-53(3,4)5)46(72-7)42(26-32)76-40-19-13-29(23-38(40)60(69)70)21-36(51(65)73-8)54-48(62)43(57-50(45)64)30-14-16-33(71-6)17-15-30/h9-19,22-27,35-36,43-45H,20-21H2,1-8H3,(H,54,62)(H,55,66)(H,56,61)(H,57,64)(H,58,63)/t35-,36+,43-,44+,45-/m1/s1. The molecule has 24 heteroatoms. The van der Waals surface area contributed by atoms with Gasteiger partial charge in [0.15, 0.2) is 11.5 Å². The molecule has 5 N–H and O–H groups in total. The van der Waals surface area contributed by atoms with Crippen molar-refractivity contribution < 1.29 is 71.8 Å². The van der Waals surface area contributed by atoms with Crippen LogP contribution in [0.1, 0.15) is 80.6 Å². The molecule has 5 amide bonds. The Balaban J connectivity index is 1.52. The lowest BCUT2D eigenvalue weighted by molar-refractivity contribution is -0.385. The number of rotatable bonds is 10. The fourth-order valence-corrected chi connectivity index (χ4v) is 8.34. The highest BCUT2D eigenvalue weighted by molar-refractivity contribution is 5.97. The second-order valence-electron chi connectivity index (χ2n) is 18.9. The number of amides is 5. The molecule has 5 atom stereocenters. The number of carbonyl (C=O) groups excluding carboxylic acids is 6. The molecular formula is C53H55N7O17. The Morgan fingerprint density at radius 2 is 1.16 bits per heavy atom. The molecule has 5 aromatic rings. The summed E-state index contributed by atoms with van der Waals surface area (Å²) in [5, 5.41) is 38.8. The third-order valence-electron chi connectivity index (χ3n) is 11.8. The van der Waals surface area contributed by atoms with Crippen LogP contribution in [0.15, 0.2) is 97.1 Å². The number of hydrogen-bond acceptors (Lipinski definition) is 17. The summed E-state index contributed by atoms with van der Waals surface area (Å²) in [5.41, 5.74) is -2.03. The summed E-state index contributed by atoms with van der Waals surface area (Å²) in [5.74, 6) is -6.39. The third-order valence-corrected chi connectivity index (χ3v) is 11.8. The van der Waals surface area contributed by atoms with Crippen molar-refractivity contribution in [2.45, 2.75) is 89.4 Å². The van der Waals surface area contributed by atoms with Crippen molar-refractivity contribution in [1.29, 1.82) is 0 Å². The Kier molecular flexibility index (Phi) is 16.8. The number of benzene rings is 5. The molecule has 4 heterocycles. The van der Waals surface area contributed by atoms with Crippen molar-refractivity contribution in [2.24, 2.45) is 0 Å². The Bertz CT molecular complexity index is 3120. The Labute approximate surface area is 440 Å². The lowest BCUT2D eigenvalue weighted by Crippen LogP contribution is -2.53. The van der Waals surface area contributed by atoms with E-state index in [1.165, 1.54) is 87.0 Å². The van der Waals surface area contributed by atoms with Crippen molar-refractivity contribution in [2.75, 3.05) is 21.3 Å². The first-order valence-corrected chi connectivity index (χ1v) is 23.9. The van der Waals surface area contributed by atoms with E-state index in [0.717, 1.165) is 19.2 Å². The zero-order valence-electron chi connectivity index (χ0n) is 43.0. The fourth-order valence-electron chi connectivity index (χ4n) is 8.34. The molecule has 4 aliphatic heterocycles. The molecule has 0 saturated carbocycles. The van der Waals surface area contributed by atoms with Gasteiger partial charge in [-0.1, -0.05) is 36.4 Å². The SMILES string of the molecule is COC(=O)[C@@H]1Cc2ccc(c([N+](=O)[O-])c2)Oc2cc3cc(c2OC)Oc2ccc(cc2[N+](=O)[O-])C[C@@H](NC(=O)OC(C)(C)C)C(=O)N[C@@H](c2cccc(OC(C)C)c2)C(=O)N[C@H]3C(=O)N[C@H](c2ccc(OC)cc2)C(=O)N1. The van der Waals surface area contributed by atoms with Crippen LogP contribution in [-0.2, 0) is 46.3 Å². The number of alkyl carbamates (subject to hydrolysis) is 1. The highest BCUT2D eigenvalue weighted by Gasteiger charge is 2.38. The molecule has 4 aliphatic rings. The van der Waals surface area contributed by atoms with E-state index in [-0.39, 0.29) is 63.3 Å². The van der Waals surface area contributed by atoms with E-state index in [1.807, 2.05) is 0 Å². The maximum atomic E-state index is 15.4. The van der Waals surface area contributed by atoms with Gasteiger partial charge in [-0.05, 0) is 111 Å². The van der Waals surface area contributed by atoms with Gasteiger partial charge in [-0.2, -0.15) is 0 Å². The molecule has 7 bridgehead atoms. The van der Waals surface area contributed by atoms with E-state index in [2.05, 4.69) is 26.6 Å². The average molecular weight is 1060 g/mol. The summed E-state index contributed by atoms with van der Waals surface area (Å²) in [6.45, 7) is 8.30. The Hall–Kier alpha value is -9.48. The highest BCUT2D eigenvalue weighted by atomic mass is 16.6. The Morgan fingerprint density at radius 1 is 0.623 bits per heavy atom. The smallest absolute Gasteiger partial charge is 0.408 e. The molecule has 0 radical (unpaired) electrons. The highest BCUT2D eigenvalue weighted by Crippen LogP contribution is 2.47. The second-order valence-corrected chi connectivity index (χ2v) is 18.9. The number of carbonyl (C=O) groups is 6. The number of nitrogens with one attached hydrogen (secondary N) is 5. The summed E-state index contributed by atoms with van der Waals surface area (Å²) < 4.78 is 40.1. The molecule has 5 aromatic carbocycles. The normalized spacial score (nSPS) is 18.8. The van der Waals surface area contributed by atoms with Crippen LogP contribution < -0.4 is 50.3 Å². The van der Waals surface area contributed by atoms with Gasteiger partial charge in [0, 0.05) is 25.0 Å². The second kappa shape index (κ2) is 23.4. The van der Waals surface area contributed by atoms with Crippen LogP contribution in [0.5, 0.6) is 40.2 Å². The lowest BCUT2D eigenvalue weighted by atomic mass is 9.98. The first-order valence-electron chi connectivity index (χ1n) is 23.9. The predicted octanol–water partition coefficient (Wildman–Crippen LogP) is 6.43. The van der Waals surface area contributed by atoms with Gasteiger partial charge in [0.1, 0.15) is 47.3 Å². The maximum absolute atomic E-state index is 15.4. The minimum Gasteiger partial charge on any atom is -0.497 e. The minimum atomic E-state index is -1.98. The first-order chi connectivity index (χ1) is 36.5. The number of nitro benzene ring substituents is 2. The topological polar surface area (TPSA) is 313 Å². The molecule has 24 nitrogen and oxygen atoms in total. The predicted molar refractivity (Wildman–Crippen MR) is 272 cm³/mol. The average Bonchev–Trinajstić information content (AvgIpc) is 3.37. The summed E-state index contributed by atoms with van der Waals surface area (Å²) in [6, 6.07) is 13.3. The number of ether oxygens (including phenoxy) is 7. The van der Waals surface area contributed by atoms with E-state index in [0.29, 0.717) is 5.75 Å². The lowest BCUT2D eigenvalue weighted by Gasteiger charge is -2.29. The van der Waals surface area contributed by atoms with Gasteiger partial charge in [-0.3, -0.25) is 39.4 Å². The number of esters is 1. The van der Waals surface area contributed by atoms with Crippen molar-refractivity contribution >= 4 is 47.1 Å². The molecule has 0 saturated heterocycles. The van der Waals surface area contributed by atoms with Crippen molar-refractivity contribution in [1.82, 2.24) is 26.6 Å². The number of nitro groups is 2. The molecule has 9 rings (SSSR count). The summed E-state index contributed by atoms with van der Waals surface area (Å²) in [7, 11) is 3.66. The van der Waals surface area contributed by atoms with Crippen LogP contribution in [0.4, 0.5) is 16.2 Å². The third kappa shape index (κ3) is 13.4. The van der Waals surface area contributed by atoms with Crippen LogP contribution in [0, 0.1) is 20.2 Å². The van der Waals surface area contributed by atoms with Gasteiger partial charge in [0.05, 0.1) is 37.3 Å². The van der Waals surface area contributed by atoms with E-state index in [1.54, 1.807) is 46.8 Å². The fraction of sp³-hybridized carbons (Fsp3) is 0.321. The van der Waals surface area contributed by atoms with E-state index in [9.17, 15) is 39.4 Å². The molecule has 0 fully saturated rings. The monoisotopic (exact) mass is 1060 g/mol. The molecular weight excluding hydrogens is 1010 g/mol. The van der Waals surface area contributed by atoms with Gasteiger partial charge in [-0.15, -0.1) is 0 Å². The number of nitrogens with zero attached hydrogens (tertiary/aromatic N) is 2. The number of methoxy groups -OCH3 is 3. The zero-order chi connectivity index (χ0) is 55.9. The van der Waals surface area contributed by atoms with Crippen molar-refractivity contribution in [3.8, 4) is 40.2 Å². The molecule has 0 spiro atoms. The number of fused-ring (bicyclic) bond motifs is 16. The zero-order valence-corrected chi connectivity index (χ0v) is 43.0. The van der Waals surface area contributed by atoms with Gasteiger partial charge >= 0.3 is 23.4 Å². The summed E-state index contributed by atoms with van der Waals surface area (Å²) in [6.07, 6.45) is -2.18. The first kappa shape index (κ1) is 55.3. The van der Waals surface area contributed by atoms with E-state index >= 15 is 9.59 Å². The van der Waals surface area contributed by atoms with Crippen molar-refractivity contribution in [3.63, 3.8) is 0 Å². The molecule has 0 aromatic heterocycles. The molecule has 0 aliphatic carbocycles. The van der Waals surface area contributed by atoms with Gasteiger partial charge < -0.3 is 59.7 Å². The number of hydrogen-bond donors (Lipinski definition) is 5. The quantitative estimate of drug-likeness (QED) is 0.0572. The molecule has 77 heavy (non-hydrogen) atoms. The largest absolute Gasteiger partial charge is 0.497 e. The maximum Gasteiger partial charge on any atom is 0.408 e. The van der Waals surface area contributed by atoms with Crippen LogP contribution >= 0.6 is 0 Å². The van der Waals surface area contributed by atoms with Crippen molar-refractivity contribution in [3.05, 3.63) is 145 Å². The van der Waals surface area contributed by atoms with E-state index < -0.39 is 111 Å². The molecule has 404 valence electrons. The summed E-state index contributed by atoms with van der Waals surface area (Å²) >= 11 is 0. The van der Waals surface area contributed by atoms with Crippen LogP contribution in [0.2, 0.25) is 0 Å². The summed E-state index contributed by atoms with van der Waals surface area (Å²) in [4.78, 5) is 111. The van der Waals surface area contributed by atoms with E-state index in [4.69, 9.17) is 33.2 Å². The van der Waals surface area contributed by atoms with Crippen LogP contribution in [0.3, 0.4) is 0 Å². The molecule has 0 unspecified atom stereocenters. The Morgan fingerprint density at radius 3 is 1.68 bits per heavy atom. The van der Waals surface area contributed by atoms with Crippen LogP contribution in [-0.4, -0.2) is 90.7 Å². The minimum absolute atomic E-state index is 0.0996.